The highest BCUT2D eigenvalue weighted by molar-refractivity contribution is 6.17. The zero-order valence-electron chi connectivity index (χ0n) is 82.1. The fourth-order valence-electron chi connectivity index (χ4n) is 23.5. The SMILES string of the molecule is c1ccc(-c2ccc(-c3ccccc3)c(-n3c4ccccc4c4cc(-c5ccc(-n6c7ccccc7c7ccccc76)cc5)ccc43)c2)cc1.c1ccc(-c2ccc(-n3c4ccccc4c4cc(-c5ccc(-n6c7ccccc7c7ccccc76)cc5)ccc43)cc2-c2ccccc2)cc1.c1ccc(-c2cccc(-c3ccccc3)c2-n2c3ccccc3c3cc(-c4ccc(-n5c6ccccc6c6ccccc65)cc4)ccc32)cc1. The molecule has 0 aliphatic heterocycles. The lowest BCUT2D eigenvalue weighted by molar-refractivity contribution is 1.18. The van der Waals surface area contributed by atoms with Crippen molar-refractivity contribution in [2.75, 3.05) is 0 Å². The topological polar surface area (TPSA) is 29.6 Å². The van der Waals surface area contributed by atoms with E-state index < -0.39 is 0 Å². The molecule has 150 heavy (non-hydrogen) atoms. The summed E-state index contributed by atoms with van der Waals surface area (Å²) in [6.07, 6.45) is 0. The van der Waals surface area contributed by atoms with Crippen molar-refractivity contribution in [3.05, 3.63) is 582 Å². The van der Waals surface area contributed by atoms with Crippen LogP contribution in [-0.2, 0) is 0 Å². The minimum absolute atomic E-state index is 1.15. The van der Waals surface area contributed by atoms with Crippen molar-refractivity contribution in [3.63, 3.8) is 0 Å². The van der Waals surface area contributed by atoms with Gasteiger partial charge in [-0.25, -0.2) is 0 Å². The highest BCUT2D eigenvalue weighted by Gasteiger charge is 2.26. The van der Waals surface area contributed by atoms with E-state index in [9.17, 15) is 0 Å². The molecule has 30 aromatic rings. The van der Waals surface area contributed by atoms with Crippen LogP contribution in [0.5, 0.6) is 0 Å². The summed E-state index contributed by atoms with van der Waals surface area (Å²) in [7, 11) is 0. The largest absolute Gasteiger partial charge is 0.309 e. The molecule has 702 valence electrons. The van der Waals surface area contributed by atoms with E-state index in [1.54, 1.807) is 0 Å². The number of para-hydroxylation sites is 10. The van der Waals surface area contributed by atoms with Gasteiger partial charge in [-0.15, -0.1) is 0 Å². The van der Waals surface area contributed by atoms with Crippen molar-refractivity contribution in [3.8, 4) is 134 Å². The van der Waals surface area contributed by atoms with Crippen LogP contribution in [0.15, 0.2) is 582 Å². The highest BCUT2D eigenvalue weighted by atomic mass is 15.0. The Morgan fingerprint density at radius 1 is 0.0933 bits per heavy atom. The molecule has 0 radical (unpaired) electrons. The fraction of sp³-hybridized carbons (Fsp3) is 0. The van der Waals surface area contributed by atoms with Crippen LogP contribution < -0.4 is 0 Å². The van der Waals surface area contributed by atoms with E-state index in [0.717, 1.165) is 22.7 Å². The van der Waals surface area contributed by atoms with Crippen LogP contribution in [0.3, 0.4) is 0 Å². The molecule has 0 saturated carbocycles. The summed E-state index contributed by atoms with van der Waals surface area (Å²) < 4.78 is 14.5. The van der Waals surface area contributed by atoms with Gasteiger partial charge in [0.25, 0.3) is 0 Å². The average molecular weight is 1910 g/mol. The van der Waals surface area contributed by atoms with Gasteiger partial charge >= 0.3 is 0 Å². The van der Waals surface area contributed by atoms with Crippen LogP contribution in [0.25, 0.3) is 265 Å². The van der Waals surface area contributed by atoms with Gasteiger partial charge in [0, 0.05) is 104 Å². The zero-order valence-corrected chi connectivity index (χ0v) is 82.1. The maximum atomic E-state index is 2.48. The van der Waals surface area contributed by atoms with Crippen molar-refractivity contribution in [2.24, 2.45) is 0 Å². The van der Waals surface area contributed by atoms with Crippen molar-refractivity contribution < 1.29 is 0 Å². The van der Waals surface area contributed by atoms with Gasteiger partial charge in [-0.05, 0) is 229 Å². The number of rotatable bonds is 15. The molecule has 0 N–H and O–H groups in total. The number of hydrogen-bond acceptors (Lipinski definition) is 0. The Bertz CT molecular complexity index is 10200. The third kappa shape index (κ3) is 15.3. The first-order valence-electron chi connectivity index (χ1n) is 51.6. The Morgan fingerprint density at radius 3 is 0.633 bits per heavy atom. The standard InChI is InChI=1S/3C48H32N2/c1-3-14-34(15-4-1)38-21-13-22-39(35-16-5-2-6-17-35)48(38)50-46-25-12-9-20-42(46)43-32-36(28-31-47(43)50)33-26-29-37(30-27-33)49-44-23-10-7-18-40(44)41-19-8-11-24-45(41)49;1-3-13-33(14-4-1)37-25-29-39(35-15-5-2-6-16-35)48(32-37)50-46-22-12-9-19-42(46)43-31-36(26-30-47(43)50)34-23-27-38(28-24-34)49-44-20-10-7-17-40(44)41-18-8-11-21-45(41)49;1-3-13-34(14-4-1)39-29-28-38(32-43(39)35-15-5-2-6-16-35)50-47-22-12-9-19-42(47)44-31-36(25-30-48(44)50)33-23-26-37(27-24-33)49-45-20-10-7-17-40(45)41-18-8-11-21-46(41)49/h3*1-32H. The lowest BCUT2D eigenvalue weighted by Gasteiger charge is -2.19. The van der Waals surface area contributed by atoms with Gasteiger partial charge in [-0.3, -0.25) is 0 Å². The predicted molar refractivity (Wildman–Crippen MR) is 634 cm³/mol. The van der Waals surface area contributed by atoms with Crippen LogP contribution in [0, 0.1) is 0 Å². The maximum absolute atomic E-state index is 2.48. The molecule has 0 atom stereocenters. The lowest BCUT2D eigenvalue weighted by atomic mass is 9.94. The summed E-state index contributed by atoms with van der Waals surface area (Å²) in [6, 6.07) is 211. The second-order valence-electron chi connectivity index (χ2n) is 38.9. The molecule has 0 aliphatic carbocycles. The second-order valence-corrected chi connectivity index (χ2v) is 38.9. The van der Waals surface area contributed by atoms with Gasteiger partial charge in [0.2, 0.25) is 0 Å². The van der Waals surface area contributed by atoms with Crippen molar-refractivity contribution in [1.29, 1.82) is 0 Å². The van der Waals surface area contributed by atoms with E-state index in [4.69, 9.17) is 0 Å². The van der Waals surface area contributed by atoms with E-state index in [0.29, 0.717) is 0 Å². The molecule has 0 saturated heterocycles. The van der Waals surface area contributed by atoms with E-state index in [2.05, 4.69) is 610 Å². The number of benzene rings is 24. The smallest absolute Gasteiger partial charge is 0.0618 e. The molecule has 6 heterocycles. The monoisotopic (exact) mass is 1910 g/mol. The third-order valence-electron chi connectivity index (χ3n) is 30.4. The second kappa shape index (κ2) is 37.4. The molecule has 30 rings (SSSR count). The van der Waals surface area contributed by atoms with E-state index in [1.807, 2.05) is 0 Å². The number of hydrogen-bond donors (Lipinski definition) is 0. The van der Waals surface area contributed by atoms with Crippen LogP contribution in [0.2, 0.25) is 0 Å². The van der Waals surface area contributed by atoms with E-state index in [1.165, 1.54) is 242 Å². The normalized spacial score (nSPS) is 11.6. The van der Waals surface area contributed by atoms with Gasteiger partial charge in [-0.1, -0.05) is 437 Å². The first kappa shape index (κ1) is 87.8. The highest BCUT2D eigenvalue weighted by Crippen LogP contribution is 2.48. The Hall–Kier alpha value is -19.9. The summed E-state index contributed by atoms with van der Waals surface area (Å²) in [5.41, 5.74) is 43.3. The number of aromatic nitrogens is 6. The molecule has 6 aromatic heterocycles. The molecule has 24 aromatic carbocycles. The van der Waals surface area contributed by atoms with Crippen molar-refractivity contribution >= 4 is 131 Å². The Balaban J connectivity index is 0.000000108. The molecule has 0 unspecified atom stereocenters. The third-order valence-corrected chi connectivity index (χ3v) is 30.4. The van der Waals surface area contributed by atoms with Crippen LogP contribution in [-0.4, -0.2) is 27.4 Å². The Morgan fingerprint density at radius 2 is 0.300 bits per heavy atom. The van der Waals surface area contributed by atoms with Crippen LogP contribution >= 0.6 is 0 Å². The van der Waals surface area contributed by atoms with Crippen molar-refractivity contribution in [1.82, 2.24) is 27.4 Å². The molecule has 0 amide bonds. The van der Waals surface area contributed by atoms with Crippen molar-refractivity contribution in [2.45, 2.75) is 0 Å². The maximum Gasteiger partial charge on any atom is 0.0618 e. The molecule has 0 fully saturated rings. The average Bonchev–Trinajstić information content (AvgIpc) is 1.57. The number of fused-ring (bicyclic) bond motifs is 18. The summed E-state index contributed by atoms with van der Waals surface area (Å²) in [6.45, 7) is 0. The van der Waals surface area contributed by atoms with Crippen LogP contribution in [0.1, 0.15) is 0 Å². The fourth-order valence-corrected chi connectivity index (χ4v) is 23.5. The molecule has 0 bridgehead atoms. The number of nitrogens with zero attached hydrogens (tertiary/aromatic N) is 6. The molecular formula is C144H96N6. The first-order valence-corrected chi connectivity index (χ1v) is 51.6. The lowest BCUT2D eigenvalue weighted by Crippen LogP contribution is -2.00. The minimum Gasteiger partial charge on any atom is -0.309 e. The zero-order chi connectivity index (χ0) is 99.1. The molecule has 0 aliphatic rings. The van der Waals surface area contributed by atoms with E-state index >= 15 is 0 Å². The van der Waals surface area contributed by atoms with Crippen LogP contribution in [0.4, 0.5) is 0 Å². The molecule has 6 heteroatoms. The molecule has 0 spiro atoms. The molecule has 6 nitrogen and oxygen atoms in total. The summed E-state index contributed by atoms with van der Waals surface area (Å²) in [5, 5.41) is 15.1. The summed E-state index contributed by atoms with van der Waals surface area (Å²) in [5.74, 6) is 0. The van der Waals surface area contributed by atoms with Gasteiger partial charge < -0.3 is 27.4 Å². The first-order chi connectivity index (χ1) is 74.5. The Kier molecular flexibility index (Phi) is 21.9. The van der Waals surface area contributed by atoms with Gasteiger partial charge in [0.05, 0.1) is 77.6 Å². The van der Waals surface area contributed by atoms with Gasteiger partial charge in [0.1, 0.15) is 0 Å². The summed E-state index contributed by atoms with van der Waals surface area (Å²) in [4.78, 5) is 0. The predicted octanol–water partition coefficient (Wildman–Crippen LogP) is 38.6. The van der Waals surface area contributed by atoms with Gasteiger partial charge in [-0.2, -0.15) is 0 Å². The van der Waals surface area contributed by atoms with Gasteiger partial charge in [0.15, 0.2) is 0 Å². The minimum atomic E-state index is 1.15. The Labute approximate surface area is 868 Å². The van der Waals surface area contributed by atoms with E-state index in [-0.39, 0.29) is 0 Å². The summed E-state index contributed by atoms with van der Waals surface area (Å²) >= 11 is 0. The molecular weight excluding hydrogens is 1810 g/mol. The quantitative estimate of drug-likeness (QED) is 0.0979.